The van der Waals surface area contributed by atoms with Crippen LogP contribution in [0.3, 0.4) is 0 Å². The van der Waals surface area contributed by atoms with E-state index in [-0.39, 0.29) is 12.2 Å². The average Bonchev–Trinajstić information content (AvgIpc) is 2.29. The van der Waals surface area contributed by atoms with E-state index in [0.29, 0.717) is 10.0 Å². The van der Waals surface area contributed by atoms with Crippen LogP contribution < -0.4 is 5.32 Å². The van der Waals surface area contributed by atoms with Crippen molar-refractivity contribution >= 4 is 23.2 Å². The molecule has 88 valence electrons. The summed E-state index contributed by atoms with van der Waals surface area (Å²) in [5.41, 5.74) is 1.01. The fraction of sp³-hybridized carbons (Fsp3) is 0.500. The van der Waals surface area contributed by atoms with Crippen LogP contribution in [-0.4, -0.2) is 19.2 Å². The lowest BCUT2D eigenvalue weighted by molar-refractivity contribution is -0.0399. The highest BCUT2D eigenvalue weighted by Gasteiger charge is 2.23. The monoisotopic (exact) mass is 259 g/mol. The summed E-state index contributed by atoms with van der Waals surface area (Å²) >= 11 is 12.0. The van der Waals surface area contributed by atoms with Gasteiger partial charge in [-0.25, -0.2) is 0 Å². The van der Waals surface area contributed by atoms with E-state index < -0.39 is 0 Å². The summed E-state index contributed by atoms with van der Waals surface area (Å²) in [6.45, 7) is 3.84. The highest BCUT2D eigenvalue weighted by molar-refractivity contribution is 6.35. The zero-order chi connectivity index (χ0) is 11.5. The number of nitrogens with one attached hydrogen (secondary N) is 1. The summed E-state index contributed by atoms with van der Waals surface area (Å²) < 4.78 is 5.95. The molecule has 0 radical (unpaired) electrons. The molecule has 1 heterocycles. The van der Waals surface area contributed by atoms with Gasteiger partial charge in [-0.15, -0.1) is 0 Å². The standard InChI is InChI=1S/C12H15Cl2NO/c1-2-9-6-15-7-12(16-9)10-4-3-8(13)5-11(10)14/h3-5,9,12,15H,2,6-7H2,1H3. The first-order chi connectivity index (χ1) is 7.70. The lowest BCUT2D eigenvalue weighted by atomic mass is 10.1. The van der Waals surface area contributed by atoms with Gasteiger partial charge in [0.1, 0.15) is 0 Å². The summed E-state index contributed by atoms with van der Waals surface area (Å²) in [5.74, 6) is 0. The first kappa shape index (κ1) is 12.2. The van der Waals surface area contributed by atoms with Crippen LogP contribution in [-0.2, 0) is 4.74 Å². The van der Waals surface area contributed by atoms with Gasteiger partial charge in [-0.05, 0) is 18.6 Å². The maximum Gasteiger partial charge on any atom is 0.0968 e. The molecule has 2 nitrogen and oxygen atoms in total. The molecule has 16 heavy (non-hydrogen) atoms. The van der Waals surface area contributed by atoms with E-state index in [1.54, 1.807) is 6.07 Å². The minimum atomic E-state index is 0.0310. The van der Waals surface area contributed by atoms with E-state index in [0.717, 1.165) is 25.1 Å². The molecular formula is C12H15Cl2NO. The number of morpholine rings is 1. The maximum atomic E-state index is 6.16. The largest absolute Gasteiger partial charge is 0.368 e. The lowest BCUT2D eigenvalue weighted by Crippen LogP contribution is -2.40. The van der Waals surface area contributed by atoms with Gasteiger partial charge in [0.05, 0.1) is 12.2 Å². The predicted octanol–water partition coefficient (Wildman–Crippen LogP) is 3.43. The highest BCUT2D eigenvalue weighted by Crippen LogP contribution is 2.30. The third kappa shape index (κ3) is 2.69. The van der Waals surface area contributed by atoms with E-state index in [1.807, 2.05) is 12.1 Å². The molecule has 1 fully saturated rings. The maximum absolute atomic E-state index is 6.16. The van der Waals surface area contributed by atoms with Gasteiger partial charge in [0.25, 0.3) is 0 Å². The molecule has 1 N–H and O–H groups in total. The third-order valence-corrected chi connectivity index (χ3v) is 3.39. The molecule has 0 spiro atoms. The fourth-order valence-electron chi connectivity index (χ4n) is 1.89. The molecule has 0 aromatic heterocycles. The van der Waals surface area contributed by atoms with Crippen LogP contribution in [0.5, 0.6) is 0 Å². The van der Waals surface area contributed by atoms with E-state index in [2.05, 4.69) is 12.2 Å². The number of benzene rings is 1. The molecule has 0 amide bonds. The Labute approximate surface area is 106 Å². The van der Waals surface area contributed by atoms with Crippen molar-refractivity contribution in [2.24, 2.45) is 0 Å². The smallest absolute Gasteiger partial charge is 0.0968 e. The van der Waals surface area contributed by atoms with Gasteiger partial charge in [0.15, 0.2) is 0 Å². The van der Waals surface area contributed by atoms with E-state index in [9.17, 15) is 0 Å². The number of hydrogen-bond acceptors (Lipinski definition) is 2. The first-order valence-corrected chi connectivity index (χ1v) is 6.27. The molecule has 1 aliphatic rings. The number of rotatable bonds is 2. The van der Waals surface area contributed by atoms with Gasteiger partial charge in [-0.1, -0.05) is 36.2 Å². The first-order valence-electron chi connectivity index (χ1n) is 5.52. The van der Waals surface area contributed by atoms with Crippen molar-refractivity contribution < 1.29 is 4.74 Å². The van der Waals surface area contributed by atoms with Gasteiger partial charge < -0.3 is 10.1 Å². The normalized spacial score (nSPS) is 25.7. The molecule has 2 atom stereocenters. The Bertz CT molecular complexity index is 370. The highest BCUT2D eigenvalue weighted by atomic mass is 35.5. The van der Waals surface area contributed by atoms with Gasteiger partial charge in [0, 0.05) is 28.7 Å². The zero-order valence-corrected chi connectivity index (χ0v) is 10.7. The molecule has 4 heteroatoms. The van der Waals surface area contributed by atoms with Crippen molar-refractivity contribution in [3.63, 3.8) is 0 Å². The van der Waals surface area contributed by atoms with Crippen molar-refractivity contribution in [1.82, 2.24) is 5.32 Å². The SMILES string of the molecule is CCC1CNCC(c2ccc(Cl)cc2Cl)O1. The Morgan fingerprint density at radius 1 is 1.38 bits per heavy atom. The van der Waals surface area contributed by atoms with Crippen LogP contribution in [0.1, 0.15) is 25.0 Å². The fourth-order valence-corrected chi connectivity index (χ4v) is 2.42. The lowest BCUT2D eigenvalue weighted by Gasteiger charge is -2.31. The third-order valence-electron chi connectivity index (χ3n) is 2.82. The van der Waals surface area contributed by atoms with E-state index in [1.165, 1.54) is 0 Å². The van der Waals surface area contributed by atoms with Crippen molar-refractivity contribution in [3.05, 3.63) is 33.8 Å². The van der Waals surface area contributed by atoms with Crippen molar-refractivity contribution in [2.75, 3.05) is 13.1 Å². The van der Waals surface area contributed by atoms with Crippen LogP contribution >= 0.6 is 23.2 Å². The predicted molar refractivity (Wildman–Crippen MR) is 67.2 cm³/mol. The molecule has 1 aromatic carbocycles. The Morgan fingerprint density at radius 3 is 2.88 bits per heavy atom. The summed E-state index contributed by atoms with van der Waals surface area (Å²) in [4.78, 5) is 0. The van der Waals surface area contributed by atoms with E-state index in [4.69, 9.17) is 27.9 Å². The van der Waals surface area contributed by atoms with Gasteiger partial charge in [-0.3, -0.25) is 0 Å². The second-order valence-corrected chi connectivity index (χ2v) is 4.82. The van der Waals surface area contributed by atoms with Crippen LogP contribution in [0.15, 0.2) is 18.2 Å². The average molecular weight is 260 g/mol. The molecule has 0 bridgehead atoms. The Hall–Kier alpha value is -0.280. The van der Waals surface area contributed by atoms with Crippen molar-refractivity contribution in [1.29, 1.82) is 0 Å². The molecule has 2 rings (SSSR count). The molecule has 0 saturated carbocycles. The van der Waals surface area contributed by atoms with Gasteiger partial charge in [0.2, 0.25) is 0 Å². The number of halogens is 2. The van der Waals surface area contributed by atoms with Crippen molar-refractivity contribution in [2.45, 2.75) is 25.6 Å². The van der Waals surface area contributed by atoms with Gasteiger partial charge >= 0.3 is 0 Å². The van der Waals surface area contributed by atoms with E-state index >= 15 is 0 Å². The molecule has 2 unspecified atom stereocenters. The van der Waals surface area contributed by atoms with Gasteiger partial charge in [-0.2, -0.15) is 0 Å². The summed E-state index contributed by atoms with van der Waals surface area (Å²) in [5, 5.41) is 4.69. The van der Waals surface area contributed by atoms with Crippen molar-refractivity contribution in [3.8, 4) is 0 Å². The topological polar surface area (TPSA) is 21.3 Å². The zero-order valence-electron chi connectivity index (χ0n) is 9.17. The number of hydrogen-bond donors (Lipinski definition) is 1. The minimum Gasteiger partial charge on any atom is -0.368 e. The molecule has 1 aliphatic heterocycles. The van der Waals surface area contributed by atoms with Crippen LogP contribution in [0, 0.1) is 0 Å². The summed E-state index contributed by atoms with van der Waals surface area (Å²) in [6, 6.07) is 5.55. The second kappa shape index (κ2) is 5.37. The molecule has 1 aromatic rings. The molecule has 0 aliphatic carbocycles. The second-order valence-electron chi connectivity index (χ2n) is 3.98. The molecular weight excluding hydrogens is 245 g/mol. The summed E-state index contributed by atoms with van der Waals surface area (Å²) in [6.07, 6.45) is 1.31. The Balaban J connectivity index is 2.16. The minimum absolute atomic E-state index is 0.0310. The number of ether oxygens (including phenoxy) is 1. The van der Waals surface area contributed by atoms with Crippen LogP contribution in [0.25, 0.3) is 0 Å². The quantitative estimate of drug-likeness (QED) is 0.879. The molecule has 1 saturated heterocycles. The Morgan fingerprint density at radius 2 is 2.19 bits per heavy atom. The Kier molecular flexibility index (Phi) is 4.09. The summed E-state index contributed by atoms with van der Waals surface area (Å²) in [7, 11) is 0. The van der Waals surface area contributed by atoms with Crippen LogP contribution in [0.2, 0.25) is 10.0 Å². The van der Waals surface area contributed by atoms with Crippen LogP contribution in [0.4, 0.5) is 0 Å².